The predicted molar refractivity (Wildman–Crippen MR) is 58.4 cm³/mol. The highest BCUT2D eigenvalue weighted by atomic mass is 19.4. The Balaban J connectivity index is 2.26. The molecule has 0 fully saturated rings. The van der Waals surface area contributed by atoms with Crippen molar-refractivity contribution in [2.75, 3.05) is 5.32 Å². The van der Waals surface area contributed by atoms with E-state index in [1.54, 1.807) is 0 Å². The summed E-state index contributed by atoms with van der Waals surface area (Å²) < 4.78 is 66.6. The lowest BCUT2D eigenvalue weighted by Gasteiger charge is -2.18. The van der Waals surface area contributed by atoms with Gasteiger partial charge in [-0.05, 0) is 18.2 Å². The number of nitrogens with one attached hydrogen (secondary N) is 1. The first-order chi connectivity index (χ1) is 9.11. The summed E-state index contributed by atoms with van der Waals surface area (Å²) in [5, 5.41) is 1.50. The van der Waals surface area contributed by atoms with Crippen molar-refractivity contribution in [3.05, 3.63) is 24.1 Å². The highest BCUT2D eigenvalue weighted by molar-refractivity contribution is 5.97. The lowest BCUT2D eigenvalue weighted by atomic mass is 10.2. The molecule has 1 heterocycles. The Morgan fingerprint density at radius 2 is 1.90 bits per heavy atom. The SMILES string of the molecule is Cc1nc2cc(NC(=O)C(F)(F)C(F)(F)F)ccc2o1. The number of aromatic nitrogens is 1. The van der Waals surface area contributed by atoms with E-state index >= 15 is 0 Å². The molecule has 108 valence electrons. The zero-order valence-corrected chi connectivity index (χ0v) is 9.89. The van der Waals surface area contributed by atoms with Crippen molar-refractivity contribution in [3.63, 3.8) is 0 Å². The molecule has 1 amide bonds. The number of fused-ring (bicyclic) bond motifs is 1. The Kier molecular flexibility index (Phi) is 3.15. The highest BCUT2D eigenvalue weighted by Gasteiger charge is 2.63. The van der Waals surface area contributed by atoms with Gasteiger partial charge < -0.3 is 9.73 Å². The molecule has 0 aliphatic rings. The summed E-state index contributed by atoms with van der Waals surface area (Å²) in [5.41, 5.74) is 0.318. The van der Waals surface area contributed by atoms with Gasteiger partial charge in [-0.3, -0.25) is 4.79 Å². The second-order valence-corrected chi connectivity index (χ2v) is 3.94. The minimum Gasteiger partial charge on any atom is -0.441 e. The summed E-state index contributed by atoms with van der Waals surface area (Å²) in [6.45, 7) is 1.54. The van der Waals surface area contributed by atoms with Gasteiger partial charge in [0, 0.05) is 12.6 Å². The van der Waals surface area contributed by atoms with Crippen LogP contribution in [0.25, 0.3) is 11.1 Å². The Bertz CT molecular complexity index is 662. The number of hydrogen-bond donors (Lipinski definition) is 1. The van der Waals surface area contributed by atoms with Crippen molar-refractivity contribution < 1.29 is 31.2 Å². The molecular formula is C11H7F5N2O2. The van der Waals surface area contributed by atoms with Crippen molar-refractivity contribution in [2.45, 2.75) is 19.0 Å². The van der Waals surface area contributed by atoms with E-state index in [-0.39, 0.29) is 11.2 Å². The average molecular weight is 294 g/mol. The van der Waals surface area contributed by atoms with Crippen molar-refractivity contribution >= 4 is 22.7 Å². The molecule has 1 N–H and O–H groups in total. The smallest absolute Gasteiger partial charge is 0.441 e. The molecule has 0 saturated carbocycles. The van der Waals surface area contributed by atoms with E-state index in [4.69, 9.17) is 4.42 Å². The van der Waals surface area contributed by atoms with Gasteiger partial charge >= 0.3 is 18.0 Å². The standard InChI is InChI=1S/C11H7F5N2O2/c1-5-17-7-4-6(2-3-8(7)20-5)18-9(19)10(12,13)11(14,15)16/h2-4H,1H3,(H,18,19). The topological polar surface area (TPSA) is 55.1 Å². The molecule has 0 unspecified atom stereocenters. The van der Waals surface area contributed by atoms with E-state index in [2.05, 4.69) is 4.98 Å². The van der Waals surface area contributed by atoms with Crippen LogP contribution in [0.1, 0.15) is 5.89 Å². The molecule has 0 radical (unpaired) electrons. The van der Waals surface area contributed by atoms with Gasteiger partial charge in [0.05, 0.1) is 0 Å². The Morgan fingerprint density at radius 1 is 1.25 bits per heavy atom. The third kappa shape index (κ3) is 2.43. The number of aryl methyl sites for hydroxylation is 1. The molecule has 0 aliphatic carbocycles. The number of alkyl halides is 5. The van der Waals surface area contributed by atoms with Crippen LogP contribution < -0.4 is 5.32 Å². The van der Waals surface area contributed by atoms with E-state index in [1.807, 2.05) is 0 Å². The van der Waals surface area contributed by atoms with Crippen LogP contribution in [0, 0.1) is 6.92 Å². The summed E-state index contributed by atoms with van der Waals surface area (Å²) in [4.78, 5) is 14.9. The van der Waals surface area contributed by atoms with Crippen molar-refractivity contribution in [1.29, 1.82) is 0 Å². The fourth-order valence-corrected chi connectivity index (χ4v) is 1.46. The number of carbonyl (C=O) groups excluding carboxylic acids is 1. The zero-order chi connectivity index (χ0) is 15.1. The lowest BCUT2D eigenvalue weighted by molar-refractivity contribution is -0.267. The number of benzene rings is 1. The monoisotopic (exact) mass is 294 g/mol. The maximum Gasteiger partial charge on any atom is 0.463 e. The fourth-order valence-electron chi connectivity index (χ4n) is 1.46. The van der Waals surface area contributed by atoms with E-state index in [0.717, 1.165) is 12.1 Å². The normalized spacial score (nSPS) is 12.7. The number of amides is 1. The average Bonchev–Trinajstić information content (AvgIpc) is 2.66. The molecule has 20 heavy (non-hydrogen) atoms. The number of oxazole rings is 1. The highest BCUT2D eigenvalue weighted by Crippen LogP contribution is 2.36. The molecule has 2 rings (SSSR count). The van der Waals surface area contributed by atoms with Crippen LogP contribution in [0.2, 0.25) is 0 Å². The van der Waals surface area contributed by atoms with Gasteiger partial charge in [0.2, 0.25) is 0 Å². The van der Waals surface area contributed by atoms with Crippen LogP contribution in [0.3, 0.4) is 0 Å². The summed E-state index contributed by atoms with van der Waals surface area (Å²) in [5.74, 6) is -7.63. The third-order valence-corrected chi connectivity index (χ3v) is 2.39. The first kappa shape index (κ1) is 14.2. The van der Waals surface area contributed by atoms with Crippen molar-refractivity contribution in [1.82, 2.24) is 4.98 Å². The molecule has 0 saturated heterocycles. The first-order valence-corrected chi connectivity index (χ1v) is 5.24. The van der Waals surface area contributed by atoms with Crippen LogP contribution in [0.4, 0.5) is 27.6 Å². The van der Waals surface area contributed by atoms with Crippen LogP contribution in [0.5, 0.6) is 0 Å². The van der Waals surface area contributed by atoms with Crippen LogP contribution in [-0.4, -0.2) is 23.0 Å². The molecule has 9 heteroatoms. The molecule has 0 aliphatic heterocycles. The van der Waals surface area contributed by atoms with E-state index in [9.17, 15) is 26.7 Å². The number of hydrogen-bond acceptors (Lipinski definition) is 3. The summed E-state index contributed by atoms with van der Waals surface area (Å²) in [6, 6.07) is 3.57. The van der Waals surface area contributed by atoms with Gasteiger partial charge in [-0.2, -0.15) is 22.0 Å². The van der Waals surface area contributed by atoms with Gasteiger partial charge in [-0.1, -0.05) is 0 Å². The van der Waals surface area contributed by atoms with E-state index in [1.165, 1.54) is 18.3 Å². The number of halogens is 5. The molecular weight excluding hydrogens is 287 g/mol. The predicted octanol–water partition coefficient (Wildman–Crippen LogP) is 3.27. The largest absolute Gasteiger partial charge is 0.463 e. The van der Waals surface area contributed by atoms with E-state index < -0.39 is 18.0 Å². The summed E-state index contributed by atoms with van der Waals surface area (Å²) >= 11 is 0. The van der Waals surface area contributed by atoms with Gasteiger partial charge in [0.25, 0.3) is 0 Å². The summed E-state index contributed by atoms with van der Waals surface area (Å²) in [7, 11) is 0. The number of carbonyl (C=O) groups is 1. The van der Waals surface area contributed by atoms with Crippen molar-refractivity contribution in [3.8, 4) is 0 Å². The third-order valence-electron chi connectivity index (χ3n) is 2.39. The van der Waals surface area contributed by atoms with Crippen LogP contribution in [0.15, 0.2) is 22.6 Å². The van der Waals surface area contributed by atoms with Crippen LogP contribution >= 0.6 is 0 Å². The van der Waals surface area contributed by atoms with Crippen LogP contribution in [-0.2, 0) is 4.79 Å². The Morgan fingerprint density at radius 3 is 2.50 bits per heavy atom. The molecule has 0 spiro atoms. The molecule has 1 aromatic carbocycles. The molecule has 1 aromatic heterocycles. The molecule has 4 nitrogen and oxygen atoms in total. The molecule has 0 bridgehead atoms. The van der Waals surface area contributed by atoms with E-state index in [0.29, 0.717) is 11.5 Å². The lowest BCUT2D eigenvalue weighted by Crippen LogP contribution is -2.47. The van der Waals surface area contributed by atoms with Gasteiger partial charge in [0.15, 0.2) is 11.5 Å². The number of rotatable bonds is 2. The minimum atomic E-state index is -5.95. The van der Waals surface area contributed by atoms with Crippen molar-refractivity contribution in [2.24, 2.45) is 0 Å². The quantitative estimate of drug-likeness (QED) is 0.865. The molecule has 2 aromatic rings. The minimum absolute atomic E-state index is 0.232. The molecule has 0 atom stereocenters. The fraction of sp³-hybridized carbons (Fsp3) is 0.273. The Labute approximate surface area is 108 Å². The van der Waals surface area contributed by atoms with Gasteiger partial charge in [-0.25, -0.2) is 4.98 Å². The maximum atomic E-state index is 12.8. The number of nitrogens with zero attached hydrogens (tertiary/aromatic N) is 1. The second kappa shape index (κ2) is 4.43. The number of anilines is 1. The maximum absolute atomic E-state index is 12.8. The van der Waals surface area contributed by atoms with Gasteiger partial charge in [-0.15, -0.1) is 0 Å². The first-order valence-electron chi connectivity index (χ1n) is 5.24. The van der Waals surface area contributed by atoms with Gasteiger partial charge in [0.1, 0.15) is 5.52 Å². The zero-order valence-electron chi connectivity index (χ0n) is 9.89. The second-order valence-electron chi connectivity index (χ2n) is 3.94. The summed E-state index contributed by atoms with van der Waals surface area (Å²) in [6.07, 6.45) is -5.95. The Hall–Kier alpha value is -2.19.